The summed E-state index contributed by atoms with van der Waals surface area (Å²) in [6, 6.07) is 0. The second-order valence-corrected chi connectivity index (χ2v) is 4.15. The Bertz CT molecular complexity index is 406. The first kappa shape index (κ1) is 10.8. The van der Waals surface area contributed by atoms with Crippen molar-refractivity contribution in [3.63, 3.8) is 0 Å². The molecule has 0 unspecified atom stereocenters. The molecule has 0 saturated heterocycles. The molecule has 1 aliphatic rings. The van der Waals surface area contributed by atoms with Crippen LogP contribution in [-0.4, -0.2) is 9.78 Å². The highest BCUT2D eigenvalue weighted by atomic mass is 35.5. The van der Waals surface area contributed by atoms with E-state index in [2.05, 4.69) is 5.10 Å². The number of rotatable bonds is 1. The van der Waals surface area contributed by atoms with Gasteiger partial charge in [-0.05, 0) is 12.8 Å². The summed E-state index contributed by atoms with van der Waals surface area (Å²) >= 11 is 5.77. The van der Waals surface area contributed by atoms with E-state index in [1.807, 2.05) is 0 Å². The van der Waals surface area contributed by atoms with Crippen molar-refractivity contribution in [1.82, 2.24) is 9.78 Å². The fraction of sp³-hybridized carbons (Fsp3) is 0.625. The molecule has 3 nitrogen and oxygen atoms in total. The lowest BCUT2D eigenvalue weighted by atomic mass is 10.1. The van der Waals surface area contributed by atoms with E-state index < -0.39 is 17.4 Å². The predicted molar refractivity (Wildman–Crippen MR) is 48.3 cm³/mol. The fourth-order valence-corrected chi connectivity index (χ4v) is 1.84. The topological polar surface area (TPSA) is 43.8 Å². The quantitative estimate of drug-likeness (QED) is 0.815. The Morgan fingerprint density at radius 3 is 2.40 bits per heavy atom. The Morgan fingerprint density at radius 1 is 1.47 bits per heavy atom. The maximum absolute atomic E-state index is 12.6. The van der Waals surface area contributed by atoms with Crippen molar-refractivity contribution in [2.75, 3.05) is 0 Å². The van der Waals surface area contributed by atoms with Crippen LogP contribution >= 0.6 is 11.6 Å². The minimum Gasteiger partial charge on any atom is -0.321 e. The van der Waals surface area contributed by atoms with Gasteiger partial charge in [-0.25, -0.2) is 0 Å². The smallest absolute Gasteiger partial charge is 0.321 e. The van der Waals surface area contributed by atoms with Crippen LogP contribution in [-0.2, 0) is 18.8 Å². The van der Waals surface area contributed by atoms with E-state index in [4.69, 9.17) is 17.3 Å². The summed E-state index contributed by atoms with van der Waals surface area (Å²) < 4.78 is 38.8. The molecule has 0 amide bonds. The van der Waals surface area contributed by atoms with E-state index in [1.165, 1.54) is 7.05 Å². The van der Waals surface area contributed by atoms with Crippen LogP contribution in [0.2, 0.25) is 5.15 Å². The molecule has 2 N–H and O–H groups in total. The third-order valence-electron chi connectivity index (χ3n) is 2.53. The number of halogens is 4. The van der Waals surface area contributed by atoms with Gasteiger partial charge in [0.05, 0.1) is 0 Å². The second-order valence-electron chi connectivity index (χ2n) is 3.79. The Kier molecular flexibility index (Phi) is 2.07. The summed E-state index contributed by atoms with van der Waals surface area (Å²) in [5.41, 5.74) is 3.77. The zero-order valence-electron chi connectivity index (χ0n) is 7.90. The number of hydrogen-bond acceptors (Lipinski definition) is 2. The molecule has 84 valence electrons. The van der Waals surface area contributed by atoms with Gasteiger partial charge >= 0.3 is 6.18 Å². The first-order valence-electron chi connectivity index (χ1n) is 4.35. The molecule has 0 aliphatic heterocycles. The number of nitrogens with zero attached hydrogens (tertiary/aromatic N) is 2. The standard InChI is InChI=1S/C8H9ClF3N3/c1-15-6(9)4(7(13)2-3-7)5(14-15)8(10,11)12/h2-3,13H2,1H3. The molecule has 0 radical (unpaired) electrons. The van der Waals surface area contributed by atoms with Crippen molar-refractivity contribution < 1.29 is 13.2 Å². The summed E-state index contributed by atoms with van der Waals surface area (Å²) in [6.07, 6.45) is -3.47. The molecule has 0 bridgehead atoms. The third-order valence-corrected chi connectivity index (χ3v) is 2.97. The molecular weight excluding hydrogens is 231 g/mol. The molecule has 1 aromatic rings. The normalized spacial score (nSPS) is 19.3. The van der Waals surface area contributed by atoms with Crippen molar-refractivity contribution in [2.45, 2.75) is 24.6 Å². The van der Waals surface area contributed by atoms with Gasteiger partial charge in [0.2, 0.25) is 0 Å². The number of hydrogen-bond donors (Lipinski definition) is 1. The van der Waals surface area contributed by atoms with Crippen molar-refractivity contribution in [3.8, 4) is 0 Å². The lowest BCUT2D eigenvalue weighted by Crippen LogP contribution is -2.23. The van der Waals surface area contributed by atoms with Crippen LogP contribution in [0.25, 0.3) is 0 Å². The van der Waals surface area contributed by atoms with Gasteiger partial charge in [-0.1, -0.05) is 11.6 Å². The maximum Gasteiger partial charge on any atom is 0.435 e. The molecule has 1 heterocycles. The molecule has 0 atom stereocenters. The van der Waals surface area contributed by atoms with E-state index in [9.17, 15) is 13.2 Å². The average Bonchev–Trinajstić information content (AvgIpc) is 2.73. The minimum absolute atomic E-state index is 0.0256. The molecule has 1 fully saturated rings. The largest absolute Gasteiger partial charge is 0.435 e. The van der Waals surface area contributed by atoms with E-state index in [0.717, 1.165) is 4.68 Å². The summed E-state index contributed by atoms with van der Waals surface area (Å²) in [5.74, 6) is 0. The molecule has 1 aromatic heterocycles. The van der Waals surface area contributed by atoms with Crippen molar-refractivity contribution >= 4 is 11.6 Å². The molecule has 1 saturated carbocycles. The highest BCUT2D eigenvalue weighted by molar-refractivity contribution is 6.30. The SMILES string of the molecule is Cn1nc(C(F)(F)F)c(C2(N)CC2)c1Cl. The summed E-state index contributed by atoms with van der Waals surface area (Å²) in [7, 11) is 1.37. The van der Waals surface area contributed by atoms with E-state index in [0.29, 0.717) is 12.8 Å². The minimum atomic E-state index is -4.50. The number of aromatic nitrogens is 2. The van der Waals surface area contributed by atoms with Crippen LogP contribution in [0.1, 0.15) is 24.1 Å². The van der Waals surface area contributed by atoms with Crippen LogP contribution in [0.5, 0.6) is 0 Å². The molecule has 15 heavy (non-hydrogen) atoms. The van der Waals surface area contributed by atoms with Crippen molar-refractivity contribution in [1.29, 1.82) is 0 Å². The van der Waals surface area contributed by atoms with Crippen molar-refractivity contribution in [2.24, 2.45) is 12.8 Å². The van der Waals surface area contributed by atoms with Crippen LogP contribution in [0.15, 0.2) is 0 Å². The Labute approximate surface area is 89.0 Å². The first-order chi connectivity index (χ1) is 6.76. The molecule has 1 aliphatic carbocycles. The predicted octanol–water partition coefficient (Wildman–Crippen LogP) is 2.04. The van der Waals surface area contributed by atoms with Crippen LogP contribution in [0.4, 0.5) is 13.2 Å². The molecular formula is C8H9ClF3N3. The Hall–Kier alpha value is -0.750. The number of nitrogens with two attached hydrogens (primary N) is 1. The van der Waals surface area contributed by atoms with Crippen molar-refractivity contribution in [3.05, 3.63) is 16.4 Å². The van der Waals surface area contributed by atoms with Crippen LogP contribution in [0.3, 0.4) is 0 Å². The molecule has 7 heteroatoms. The Morgan fingerprint density at radius 2 is 2.00 bits per heavy atom. The summed E-state index contributed by atoms with van der Waals surface area (Å²) in [5, 5.41) is 3.34. The second kappa shape index (κ2) is 2.89. The average molecular weight is 240 g/mol. The first-order valence-corrected chi connectivity index (χ1v) is 4.72. The van der Waals surface area contributed by atoms with Gasteiger partial charge in [-0.3, -0.25) is 4.68 Å². The highest BCUT2D eigenvalue weighted by Gasteiger charge is 2.50. The zero-order chi connectivity index (χ0) is 11.4. The van der Waals surface area contributed by atoms with E-state index >= 15 is 0 Å². The van der Waals surface area contributed by atoms with Crippen LogP contribution in [0, 0.1) is 0 Å². The number of aryl methyl sites for hydroxylation is 1. The third kappa shape index (κ3) is 1.61. The van der Waals surface area contributed by atoms with Crippen LogP contribution < -0.4 is 5.73 Å². The lowest BCUT2D eigenvalue weighted by molar-refractivity contribution is -0.142. The van der Waals surface area contributed by atoms with Gasteiger partial charge in [-0.2, -0.15) is 18.3 Å². The zero-order valence-corrected chi connectivity index (χ0v) is 8.65. The van der Waals surface area contributed by atoms with Gasteiger partial charge in [0.1, 0.15) is 5.15 Å². The van der Waals surface area contributed by atoms with Gasteiger partial charge < -0.3 is 5.73 Å². The lowest BCUT2D eigenvalue weighted by Gasteiger charge is -2.11. The monoisotopic (exact) mass is 239 g/mol. The van der Waals surface area contributed by atoms with Gasteiger partial charge in [0, 0.05) is 18.2 Å². The molecule has 0 spiro atoms. The summed E-state index contributed by atoms with van der Waals surface area (Å²) in [4.78, 5) is 0. The van der Waals surface area contributed by atoms with E-state index in [-0.39, 0.29) is 10.7 Å². The van der Waals surface area contributed by atoms with Gasteiger partial charge in [0.15, 0.2) is 5.69 Å². The molecule has 0 aromatic carbocycles. The Balaban J connectivity index is 2.60. The van der Waals surface area contributed by atoms with Gasteiger partial charge in [-0.15, -0.1) is 0 Å². The van der Waals surface area contributed by atoms with Gasteiger partial charge in [0.25, 0.3) is 0 Å². The fourth-order valence-electron chi connectivity index (χ4n) is 1.53. The highest BCUT2D eigenvalue weighted by Crippen LogP contribution is 2.49. The molecule has 2 rings (SSSR count). The van der Waals surface area contributed by atoms with E-state index in [1.54, 1.807) is 0 Å². The summed E-state index contributed by atoms with van der Waals surface area (Å²) in [6.45, 7) is 0. The maximum atomic E-state index is 12.6. The number of alkyl halides is 3.